The van der Waals surface area contributed by atoms with Crippen LogP contribution in [-0.4, -0.2) is 85.0 Å². The van der Waals surface area contributed by atoms with Crippen LogP contribution in [0.15, 0.2) is 36.7 Å². The van der Waals surface area contributed by atoms with Crippen LogP contribution >= 0.6 is 0 Å². The number of hydrogen-bond acceptors (Lipinski definition) is 8. The summed E-state index contributed by atoms with van der Waals surface area (Å²) in [5, 5.41) is 7.19. The summed E-state index contributed by atoms with van der Waals surface area (Å²) in [4.78, 5) is 24.1. The number of benzene rings is 1. The molecule has 3 aliphatic rings. The molecule has 9 nitrogen and oxygen atoms in total. The average molecular weight is 524 g/mol. The van der Waals surface area contributed by atoms with Gasteiger partial charge in [-0.05, 0) is 51.0 Å². The maximum Gasteiger partial charge on any atom is 0.272 e. The Hall–Kier alpha value is -2.59. The van der Waals surface area contributed by atoms with Crippen molar-refractivity contribution in [2.24, 2.45) is 0 Å². The largest absolute Gasteiger partial charge is 0.379 e. The molecule has 38 heavy (non-hydrogen) atoms. The Morgan fingerprint density at radius 2 is 1.92 bits per heavy atom. The monoisotopic (exact) mass is 523 g/mol. The third-order valence-corrected chi connectivity index (χ3v) is 8.14. The molecule has 4 atom stereocenters. The van der Waals surface area contributed by atoms with E-state index in [9.17, 15) is 4.79 Å². The zero-order valence-electron chi connectivity index (χ0n) is 22.6. The normalized spacial score (nSPS) is 26.7. The Morgan fingerprint density at radius 3 is 2.71 bits per heavy atom. The highest BCUT2D eigenvalue weighted by molar-refractivity contribution is 5.94. The first-order chi connectivity index (χ1) is 18.6. The van der Waals surface area contributed by atoms with Crippen LogP contribution in [0, 0.1) is 6.92 Å². The highest BCUT2D eigenvalue weighted by Gasteiger charge is 2.31. The molecule has 3 saturated heterocycles. The second-order valence-electron chi connectivity index (χ2n) is 10.6. The lowest BCUT2D eigenvalue weighted by atomic mass is 9.98. The Balaban J connectivity index is 1.13. The van der Waals surface area contributed by atoms with Crippen molar-refractivity contribution in [3.8, 4) is 0 Å². The molecule has 1 amide bonds. The summed E-state index contributed by atoms with van der Waals surface area (Å²) in [5.41, 5.74) is 2.50. The molecular weight excluding hydrogens is 482 g/mol. The summed E-state index contributed by atoms with van der Waals surface area (Å²) in [5.74, 6) is 0.681. The minimum absolute atomic E-state index is 0.0229. The molecule has 3 fully saturated rings. The molecule has 1 aromatic carbocycles. The summed E-state index contributed by atoms with van der Waals surface area (Å²) >= 11 is 0. The third kappa shape index (κ3) is 6.51. The van der Waals surface area contributed by atoms with E-state index in [1.807, 2.05) is 17.9 Å². The molecular formula is C29H41N5O4. The van der Waals surface area contributed by atoms with Crippen molar-refractivity contribution in [1.82, 2.24) is 20.2 Å². The first kappa shape index (κ1) is 27.0. The molecule has 9 heteroatoms. The zero-order valence-corrected chi connectivity index (χ0v) is 22.6. The van der Waals surface area contributed by atoms with Crippen molar-refractivity contribution in [2.45, 2.75) is 75.8 Å². The number of methoxy groups -OCH3 is 1. The second-order valence-corrected chi connectivity index (χ2v) is 10.6. The van der Waals surface area contributed by atoms with Crippen LogP contribution in [0.3, 0.4) is 0 Å². The van der Waals surface area contributed by atoms with Gasteiger partial charge in [0.15, 0.2) is 0 Å². The van der Waals surface area contributed by atoms with E-state index in [1.165, 1.54) is 11.9 Å². The predicted molar refractivity (Wildman–Crippen MR) is 145 cm³/mol. The summed E-state index contributed by atoms with van der Waals surface area (Å²) in [6.07, 6.45) is 7.76. The molecule has 1 aromatic heterocycles. The van der Waals surface area contributed by atoms with Gasteiger partial charge in [-0.25, -0.2) is 9.97 Å². The standard InChI is InChI=1S/C29H41N5O4/c1-20-27(29(35)34-14-11-22(12-15-34)33-24-13-16-37-18-26(24)36-2)31-19-32-28(20)30-17-23-9-6-10-25(38-23)21-7-4-3-5-8-21/h3-5,7-8,19,22-26,33H,6,9-18H2,1-2H3,(H,30,31,32)/t23-,24+,25+,26-/m1/s1. The lowest BCUT2D eigenvalue weighted by molar-refractivity contribution is -0.0533. The van der Waals surface area contributed by atoms with Gasteiger partial charge in [0.25, 0.3) is 5.91 Å². The molecule has 0 bridgehead atoms. The lowest BCUT2D eigenvalue weighted by Crippen LogP contribution is -2.54. The van der Waals surface area contributed by atoms with Gasteiger partial charge in [0.05, 0.1) is 24.9 Å². The number of carbonyl (C=O) groups is 1. The van der Waals surface area contributed by atoms with E-state index in [0.29, 0.717) is 49.8 Å². The molecule has 4 heterocycles. The second kappa shape index (κ2) is 13.0. The molecule has 3 aliphatic heterocycles. The van der Waals surface area contributed by atoms with E-state index in [1.54, 1.807) is 7.11 Å². The number of nitrogens with zero attached hydrogens (tertiary/aromatic N) is 3. The van der Waals surface area contributed by atoms with E-state index in [-0.39, 0.29) is 24.2 Å². The van der Waals surface area contributed by atoms with Gasteiger partial charge in [-0.1, -0.05) is 30.3 Å². The van der Waals surface area contributed by atoms with Crippen molar-refractivity contribution in [2.75, 3.05) is 45.3 Å². The van der Waals surface area contributed by atoms with E-state index >= 15 is 0 Å². The number of likely N-dealkylation sites (tertiary alicyclic amines) is 1. The third-order valence-electron chi connectivity index (χ3n) is 8.14. The molecule has 2 N–H and O–H groups in total. The quantitative estimate of drug-likeness (QED) is 0.543. The lowest BCUT2D eigenvalue weighted by Gasteiger charge is -2.38. The maximum absolute atomic E-state index is 13.4. The number of hydrogen-bond donors (Lipinski definition) is 2. The fourth-order valence-electron chi connectivity index (χ4n) is 5.85. The van der Waals surface area contributed by atoms with Gasteiger partial charge in [0.1, 0.15) is 17.8 Å². The Bertz CT molecular complexity index is 1050. The van der Waals surface area contributed by atoms with E-state index in [2.05, 4.69) is 44.9 Å². The number of anilines is 1. The predicted octanol–water partition coefficient (Wildman–Crippen LogP) is 3.51. The topological polar surface area (TPSA) is 97.8 Å². The van der Waals surface area contributed by atoms with Crippen LogP contribution in [0.2, 0.25) is 0 Å². The number of rotatable bonds is 8. The Kier molecular flexibility index (Phi) is 9.22. The van der Waals surface area contributed by atoms with Crippen LogP contribution in [0.5, 0.6) is 0 Å². The van der Waals surface area contributed by atoms with Gasteiger partial charge in [-0.3, -0.25) is 4.79 Å². The Morgan fingerprint density at radius 1 is 1.11 bits per heavy atom. The van der Waals surface area contributed by atoms with Crippen LogP contribution in [0.4, 0.5) is 5.82 Å². The Labute approximate surface area is 225 Å². The van der Waals surface area contributed by atoms with Crippen LogP contribution in [-0.2, 0) is 14.2 Å². The molecule has 2 aromatic rings. The minimum atomic E-state index is -0.0229. The van der Waals surface area contributed by atoms with Gasteiger partial charge in [0.2, 0.25) is 0 Å². The highest BCUT2D eigenvalue weighted by Crippen LogP contribution is 2.31. The van der Waals surface area contributed by atoms with Crippen molar-refractivity contribution in [3.05, 3.63) is 53.5 Å². The van der Waals surface area contributed by atoms with Crippen molar-refractivity contribution < 1.29 is 19.0 Å². The van der Waals surface area contributed by atoms with Gasteiger partial charge >= 0.3 is 0 Å². The number of amides is 1. The maximum atomic E-state index is 13.4. The number of piperidine rings is 1. The van der Waals surface area contributed by atoms with E-state index in [4.69, 9.17) is 14.2 Å². The number of aromatic nitrogens is 2. The van der Waals surface area contributed by atoms with Crippen molar-refractivity contribution in [3.63, 3.8) is 0 Å². The van der Waals surface area contributed by atoms with Crippen molar-refractivity contribution >= 4 is 11.7 Å². The molecule has 0 aliphatic carbocycles. The average Bonchev–Trinajstić information content (AvgIpc) is 2.97. The van der Waals surface area contributed by atoms with Crippen molar-refractivity contribution in [1.29, 1.82) is 0 Å². The van der Waals surface area contributed by atoms with Crippen LogP contribution in [0.25, 0.3) is 0 Å². The van der Waals surface area contributed by atoms with E-state index < -0.39 is 0 Å². The van der Waals surface area contributed by atoms with Gasteiger partial charge in [-0.15, -0.1) is 0 Å². The molecule has 0 radical (unpaired) electrons. The fourth-order valence-corrected chi connectivity index (χ4v) is 5.85. The van der Waals surface area contributed by atoms with Crippen LogP contribution < -0.4 is 10.6 Å². The van der Waals surface area contributed by atoms with Gasteiger partial charge in [-0.2, -0.15) is 0 Å². The first-order valence-electron chi connectivity index (χ1n) is 14.0. The summed E-state index contributed by atoms with van der Waals surface area (Å²) in [7, 11) is 1.74. The zero-order chi connectivity index (χ0) is 26.3. The molecule has 0 spiro atoms. The van der Waals surface area contributed by atoms with Gasteiger partial charge < -0.3 is 29.7 Å². The van der Waals surface area contributed by atoms with E-state index in [0.717, 1.165) is 50.7 Å². The summed E-state index contributed by atoms with van der Waals surface area (Å²) in [6, 6.07) is 11.1. The highest BCUT2D eigenvalue weighted by atomic mass is 16.5. The smallest absolute Gasteiger partial charge is 0.272 e. The molecule has 5 rings (SSSR count). The number of nitrogens with one attached hydrogen (secondary N) is 2. The van der Waals surface area contributed by atoms with Crippen LogP contribution in [0.1, 0.15) is 66.2 Å². The first-order valence-corrected chi connectivity index (χ1v) is 14.0. The minimum Gasteiger partial charge on any atom is -0.379 e. The number of ether oxygens (including phenoxy) is 3. The summed E-state index contributed by atoms with van der Waals surface area (Å²) < 4.78 is 17.5. The SMILES string of the molecule is CO[C@@H]1COCC[C@@H]1NC1CCN(C(=O)c2ncnc(NC[C@H]3CCC[C@@H](c4ccccc4)O3)c2C)CC1. The summed E-state index contributed by atoms with van der Waals surface area (Å²) in [6.45, 7) is 5.39. The molecule has 0 saturated carbocycles. The number of carbonyl (C=O) groups excluding carboxylic acids is 1. The molecule has 206 valence electrons. The van der Waals surface area contributed by atoms with Gasteiger partial charge in [0, 0.05) is 51.0 Å². The fraction of sp³-hybridized carbons (Fsp3) is 0.621. The molecule has 0 unspecified atom stereocenters.